The van der Waals surface area contributed by atoms with Gasteiger partial charge in [-0.1, -0.05) is 23.4 Å². The van der Waals surface area contributed by atoms with Gasteiger partial charge in [0.1, 0.15) is 30.0 Å². The molecule has 0 aliphatic carbocycles. The van der Waals surface area contributed by atoms with Gasteiger partial charge in [0, 0.05) is 19.2 Å². The third-order valence-electron chi connectivity index (χ3n) is 5.77. The molecule has 0 saturated heterocycles. The topological polar surface area (TPSA) is 68.0 Å². The fraction of sp³-hybridized carbons (Fsp3) is 0.360. The molecule has 1 aliphatic rings. The van der Waals surface area contributed by atoms with Gasteiger partial charge in [0.2, 0.25) is 0 Å². The van der Waals surface area contributed by atoms with Crippen molar-refractivity contribution in [2.24, 2.45) is 0 Å². The van der Waals surface area contributed by atoms with E-state index in [1.807, 2.05) is 44.2 Å². The lowest BCUT2D eigenvalue weighted by molar-refractivity contribution is 0.0709. The van der Waals surface area contributed by atoms with Crippen LogP contribution in [0.3, 0.4) is 0 Å². The predicted octanol–water partition coefficient (Wildman–Crippen LogP) is 4.23. The molecule has 0 radical (unpaired) electrons. The summed E-state index contributed by atoms with van der Waals surface area (Å²) in [5.74, 6) is 2.16. The summed E-state index contributed by atoms with van der Waals surface area (Å²) < 4.78 is 17.3. The number of nitrogens with zero attached hydrogens (tertiary/aromatic N) is 3. The molecule has 7 heteroatoms. The number of rotatable bonds is 7. The molecule has 1 aromatic heterocycles. The number of aromatic nitrogens is 1. The lowest BCUT2D eigenvalue weighted by Crippen LogP contribution is -2.46. The van der Waals surface area contributed by atoms with Crippen molar-refractivity contribution in [3.8, 4) is 11.5 Å². The molecule has 1 unspecified atom stereocenters. The Hall–Kier alpha value is -3.48. The smallest absolute Gasteiger partial charge is 0.253 e. The summed E-state index contributed by atoms with van der Waals surface area (Å²) in [5, 5.41) is 3.95. The van der Waals surface area contributed by atoms with Gasteiger partial charge >= 0.3 is 0 Å². The maximum Gasteiger partial charge on any atom is 0.253 e. The number of benzene rings is 2. The molecule has 1 atom stereocenters. The Morgan fingerprint density at radius 1 is 1.22 bits per heavy atom. The quantitative estimate of drug-likeness (QED) is 0.553. The van der Waals surface area contributed by atoms with E-state index in [4.69, 9.17) is 14.0 Å². The van der Waals surface area contributed by atoms with Crippen LogP contribution in [0, 0.1) is 13.8 Å². The number of fused-ring (bicyclic) bond motifs is 1. The fourth-order valence-electron chi connectivity index (χ4n) is 3.96. The van der Waals surface area contributed by atoms with Crippen molar-refractivity contribution in [2.75, 3.05) is 31.6 Å². The van der Waals surface area contributed by atoms with Crippen LogP contribution in [0.5, 0.6) is 11.5 Å². The SMILES string of the molecule is CCN1CC(CN(C)C(=O)c2cccc(OCc3c(C)noc3C)c2)Oc2ccccc21. The third-order valence-corrected chi connectivity index (χ3v) is 5.77. The Morgan fingerprint density at radius 2 is 2.03 bits per heavy atom. The summed E-state index contributed by atoms with van der Waals surface area (Å²) in [7, 11) is 1.81. The van der Waals surface area contributed by atoms with E-state index in [1.165, 1.54) is 0 Å². The lowest BCUT2D eigenvalue weighted by atomic mass is 10.1. The minimum absolute atomic E-state index is 0.0710. The van der Waals surface area contributed by atoms with Crippen molar-refractivity contribution in [3.63, 3.8) is 0 Å². The first-order valence-corrected chi connectivity index (χ1v) is 10.9. The number of aryl methyl sites for hydroxylation is 2. The van der Waals surface area contributed by atoms with Crippen molar-refractivity contribution >= 4 is 11.6 Å². The van der Waals surface area contributed by atoms with E-state index in [0.717, 1.165) is 41.5 Å². The van der Waals surface area contributed by atoms with Crippen LogP contribution in [0.15, 0.2) is 53.1 Å². The highest BCUT2D eigenvalue weighted by Crippen LogP contribution is 2.33. The summed E-state index contributed by atoms with van der Waals surface area (Å²) in [5.41, 5.74) is 3.41. The van der Waals surface area contributed by atoms with Crippen LogP contribution in [0.1, 0.15) is 34.3 Å². The molecule has 4 rings (SSSR count). The molecule has 0 fully saturated rings. The van der Waals surface area contributed by atoms with Gasteiger partial charge in [0.25, 0.3) is 5.91 Å². The summed E-state index contributed by atoms with van der Waals surface area (Å²) in [4.78, 5) is 17.1. The predicted molar refractivity (Wildman–Crippen MR) is 122 cm³/mol. The van der Waals surface area contributed by atoms with Crippen molar-refractivity contribution in [2.45, 2.75) is 33.5 Å². The van der Waals surface area contributed by atoms with E-state index < -0.39 is 0 Å². The van der Waals surface area contributed by atoms with E-state index in [9.17, 15) is 4.79 Å². The molecule has 1 amide bonds. The van der Waals surface area contributed by atoms with Gasteiger partial charge in [0.15, 0.2) is 0 Å². The van der Waals surface area contributed by atoms with Gasteiger partial charge in [-0.3, -0.25) is 4.79 Å². The molecule has 2 heterocycles. The fourth-order valence-corrected chi connectivity index (χ4v) is 3.96. The number of para-hydroxylation sites is 2. The molecule has 7 nitrogen and oxygen atoms in total. The van der Waals surface area contributed by atoms with Crippen LogP contribution in [0.2, 0.25) is 0 Å². The molecule has 1 aliphatic heterocycles. The standard InChI is InChI=1S/C25H29N3O4/c1-5-28-15-21(31-24-12-7-6-11-23(24)28)14-27(4)25(29)19-9-8-10-20(13-19)30-16-22-17(2)26-32-18(22)3/h6-13,21H,5,14-16H2,1-4H3. The van der Waals surface area contributed by atoms with Crippen LogP contribution in [0.25, 0.3) is 0 Å². The van der Waals surface area contributed by atoms with Gasteiger partial charge in [-0.05, 0) is 51.1 Å². The zero-order valence-electron chi connectivity index (χ0n) is 19.0. The number of carbonyl (C=O) groups excluding carboxylic acids is 1. The van der Waals surface area contributed by atoms with Crippen LogP contribution in [0.4, 0.5) is 5.69 Å². The van der Waals surface area contributed by atoms with E-state index in [1.54, 1.807) is 24.1 Å². The number of hydrogen-bond acceptors (Lipinski definition) is 6. The first-order valence-electron chi connectivity index (χ1n) is 10.9. The Kier molecular flexibility index (Phi) is 6.35. The Balaban J connectivity index is 1.40. The highest BCUT2D eigenvalue weighted by molar-refractivity contribution is 5.94. The Bertz CT molecular complexity index is 1070. The van der Waals surface area contributed by atoms with Crippen molar-refractivity contribution in [1.29, 1.82) is 0 Å². The average Bonchev–Trinajstić information content (AvgIpc) is 3.13. The lowest BCUT2D eigenvalue weighted by Gasteiger charge is -2.37. The monoisotopic (exact) mass is 435 g/mol. The summed E-state index contributed by atoms with van der Waals surface area (Å²) in [6.45, 7) is 8.34. The van der Waals surface area contributed by atoms with Crippen LogP contribution < -0.4 is 14.4 Å². The third kappa shape index (κ3) is 4.56. The van der Waals surface area contributed by atoms with Crippen LogP contribution >= 0.6 is 0 Å². The zero-order chi connectivity index (χ0) is 22.7. The van der Waals surface area contributed by atoms with Gasteiger partial charge in [-0.2, -0.15) is 0 Å². The minimum Gasteiger partial charge on any atom is -0.489 e. The van der Waals surface area contributed by atoms with E-state index >= 15 is 0 Å². The van der Waals surface area contributed by atoms with Gasteiger partial charge in [-0.25, -0.2) is 0 Å². The minimum atomic E-state index is -0.0993. The number of anilines is 1. The first-order chi connectivity index (χ1) is 15.5. The first kappa shape index (κ1) is 21.7. The molecular weight excluding hydrogens is 406 g/mol. The molecule has 0 N–H and O–H groups in total. The molecule has 168 valence electrons. The number of hydrogen-bond donors (Lipinski definition) is 0. The summed E-state index contributed by atoms with van der Waals surface area (Å²) in [6, 6.07) is 15.3. The number of amides is 1. The van der Waals surface area contributed by atoms with Gasteiger partial charge < -0.3 is 23.8 Å². The maximum atomic E-state index is 13.1. The van der Waals surface area contributed by atoms with E-state index in [0.29, 0.717) is 24.5 Å². The Labute approximate surface area is 188 Å². The maximum absolute atomic E-state index is 13.1. The number of likely N-dealkylation sites (N-methyl/N-ethyl adjacent to an activating group) is 2. The molecule has 0 saturated carbocycles. The van der Waals surface area contributed by atoms with Crippen molar-refractivity contribution in [3.05, 3.63) is 71.1 Å². The van der Waals surface area contributed by atoms with Gasteiger partial charge in [0.05, 0.1) is 30.0 Å². The van der Waals surface area contributed by atoms with Crippen LogP contribution in [-0.4, -0.2) is 48.7 Å². The second-order valence-electron chi connectivity index (χ2n) is 8.05. The molecule has 0 bridgehead atoms. The average molecular weight is 436 g/mol. The summed E-state index contributed by atoms with van der Waals surface area (Å²) >= 11 is 0. The van der Waals surface area contributed by atoms with E-state index in [-0.39, 0.29) is 12.0 Å². The molecule has 32 heavy (non-hydrogen) atoms. The van der Waals surface area contributed by atoms with Crippen molar-refractivity contribution in [1.82, 2.24) is 10.1 Å². The van der Waals surface area contributed by atoms with Gasteiger partial charge in [-0.15, -0.1) is 0 Å². The van der Waals surface area contributed by atoms with E-state index in [2.05, 4.69) is 23.0 Å². The largest absolute Gasteiger partial charge is 0.489 e. The second kappa shape index (κ2) is 9.34. The summed E-state index contributed by atoms with van der Waals surface area (Å²) in [6.07, 6.45) is -0.0993. The number of ether oxygens (including phenoxy) is 2. The highest BCUT2D eigenvalue weighted by atomic mass is 16.5. The van der Waals surface area contributed by atoms with Crippen LogP contribution in [-0.2, 0) is 6.61 Å². The normalized spacial score (nSPS) is 15.1. The highest BCUT2D eigenvalue weighted by Gasteiger charge is 2.27. The van der Waals surface area contributed by atoms with Crippen molar-refractivity contribution < 1.29 is 18.8 Å². The molecule has 0 spiro atoms. The Morgan fingerprint density at radius 3 is 2.78 bits per heavy atom. The molecule has 2 aromatic carbocycles. The zero-order valence-corrected chi connectivity index (χ0v) is 19.0. The molecule has 3 aromatic rings. The molecular formula is C25H29N3O4. The number of carbonyl (C=O) groups is 1. The second-order valence-corrected chi connectivity index (χ2v) is 8.05.